The highest BCUT2D eigenvalue weighted by molar-refractivity contribution is 5.90. The number of amides is 1. The lowest BCUT2D eigenvalue weighted by molar-refractivity contribution is -0.118. The maximum atomic E-state index is 11.8. The van der Waals surface area contributed by atoms with Gasteiger partial charge >= 0.3 is 0 Å². The minimum absolute atomic E-state index is 0.0656. The molecule has 0 spiro atoms. The van der Waals surface area contributed by atoms with Crippen molar-refractivity contribution in [3.63, 3.8) is 0 Å². The largest absolute Gasteiger partial charge is 0.484 e. The summed E-state index contributed by atoms with van der Waals surface area (Å²) in [5, 5.41) is 10.8. The Kier molecular flexibility index (Phi) is 6.35. The molecule has 0 atom stereocenters. The molecule has 1 aromatic carbocycles. The Hall–Kier alpha value is -2.63. The van der Waals surface area contributed by atoms with E-state index in [4.69, 9.17) is 4.74 Å². The Labute approximate surface area is 136 Å². The van der Waals surface area contributed by atoms with Gasteiger partial charge in [-0.2, -0.15) is 0 Å². The van der Waals surface area contributed by atoms with Crippen LogP contribution in [0.2, 0.25) is 0 Å². The Morgan fingerprint density at radius 2 is 1.96 bits per heavy atom. The van der Waals surface area contributed by atoms with Gasteiger partial charge in [0.15, 0.2) is 18.2 Å². The van der Waals surface area contributed by atoms with Crippen LogP contribution in [0.3, 0.4) is 0 Å². The minimum atomic E-state index is -0.268. The van der Waals surface area contributed by atoms with Crippen molar-refractivity contribution in [3.8, 4) is 5.75 Å². The Balaban J connectivity index is 1.82. The molecule has 1 aromatic heterocycles. The maximum Gasteiger partial charge on any atom is 0.263 e. The van der Waals surface area contributed by atoms with Crippen molar-refractivity contribution >= 4 is 17.5 Å². The molecule has 122 valence electrons. The number of unbranched alkanes of at least 4 members (excludes halogenated alkanes) is 1. The number of carbonyl (C=O) groups is 1. The number of benzene rings is 1. The number of carbonyl (C=O) groups excluding carboxylic acids is 1. The van der Waals surface area contributed by atoms with Crippen molar-refractivity contribution in [2.24, 2.45) is 0 Å². The summed E-state index contributed by atoms with van der Waals surface area (Å²) in [6.45, 7) is 3.02. The van der Waals surface area contributed by atoms with E-state index in [2.05, 4.69) is 22.4 Å². The predicted octanol–water partition coefficient (Wildman–Crippen LogP) is 2.73. The number of para-hydroxylation sites is 1. The van der Waals surface area contributed by atoms with E-state index in [9.17, 15) is 4.79 Å². The summed E-state index contributed by atoms with van der Waals surface area (Å²) in [6, 6.07) is 12.8. The summed E-state index contributed by atoms with van der Waals surface area (Å²) in [6.07, 6.45) is 2.24. The Bertz CT molecular complexity index is 602. The molecule has 0 aliphatic rings. The topological polar surface area (TPSA) is 67.4 Å². The van der Waals surface area contributed by atoms with Crippen molar-refractivity contribution in [1.82, 2.24) is 10.2 Å². The second kappa shape index (κ2) is 8.73. The van der Waals surface area contributed by atoms with Crippen molar-refractivity contribution < 1.29 is 9.53 Å². The van der Waals surface area contributed by atoms with Crippen LogP contribution in [-0.4, -0.2) is 36.3 Å². The van der Waals surface area contributed by atoms with Crippen LogP contribution in [0.4, 0.5) is 11.6 Å². The van der Waals surface area contributed by atoms with Crippen molar-refractivity contribution in [1.29, 1.82) is 0 Å². The van der Waals surface area contributed by atoms with E-state index in [-0.39, 0.29) is 12.5 Å². The van der Waals surface area contributed by atoms with E-state index in [1.165, 1.54) is 0 Å². The van der Waals surface area contributed by atoms with Gasteiger partial charge in [0.25, 0.3) is 5.91 Å². The van der Waals surface area contributed by atoms with Crippen molar-refractivity contribution in [2.75, 3.05) is 30.4 Å². The molecule has 0 bridgehead atoms. The number of anilines is 2. The SMILES string of the molecule is CCCCN(C)c1ccc(NC(=O)COc2ccccc2)nn1. The standard InChI is InChI=1S/C17H22N4O2/c1-3-4-12-21(2)16-11-10-15(19-20-16)18-17(22)13-23-14-8-6-5-7-9-14/h5-11H,3-4,12-13H2,1-2H3,(H,18,19,22). The van der Waals surface area contributed by atoms with E-state index in [1.54, 1.807) is 18.2 Å². The van der Waals surface area contributed by atoms with Crippen LogP contribution in [0.1, 0.15) is 19.8 Å². The van der Waals surface area contributed by atoms with Gasteiger partial charge in [-0.3, -0.25) is 4.79 Å². The first kappa shape index (κ1) is 16.7. The van der Waals surface area contributed by atoms with Crippen molar-refractivity contribution in [2.45, 2.75) is 19.8 Å². The molecule has 6 heteroatoms. The third kappa shape index (κ3) is 5.58. The lowest BCUT2D eigenvalue weighted by Crippen LogP contribution is -2.22. The van der Waals surface area contributed by atoms with Gasteiger partial charge in [0.05, 0.1) is 0 Å². The van der Waals surface area contributed by atoms with Gasteiger partial charge in [0.1, 0.15) is 5.75 Å². The lowest BCUT2D eigenvalue weighted by atomic mass is 10.3. The lowest BCUT2D eigenvalue weighted by Gasteiger charge is -2.17. The van der Waals surface area contributed by atoms with Crippen LogP contribution < -0.4 is 15.0 Å². The summed E-state index contributed by atoms with van der Waals surface area (Å²) < 4.78 is 5.38. The zero-order valence-corrected chi connectivity index (χ0v) is 13.5. The predicted molar refractivity (Wildman–Crippen MR) is 90.8 cm³/mol. The van der Waals surface area contributed by atoms with Crippen molar-refractivity contribution in [3.05, 3.63) is 42.5 Å². The van der Waals surface area contributed by atoms with Gasteiger partial charge in [0, 0.05) is 13.6 Å². The summed E-state index contributed by atoms with van der Waals surface area (Å²) in [5.74, 6) is 1.59. The molecule has 23 heavy (non-hydrogen) atoms. The molecule has 0 fully saturated rings. The maximum absolute atomic E-state index is 11.8. The summed E-state index contributed by atoms with van der Waals surface area (Å²) in [4.78, 5) is 13.9. The van der Waals surface area contributed by atoms with Crippen LogP contribution >= 0.6 is 0 Å². The van der Waals surface area contributed by atoms with E-state index >= 15 is 0 Å². The van der Waals surface area contributed by atoms with Gasteiger partial charge in [-0.05, 0) is 30.7 Å². The zero-order chi connectivity index (χ0) is 16.5. The van der Waals surface area contributed by atoms with E-state index < -0.39 is 0 Å². The number of nitrogens with zero attached hydrogens (tertiary/aromatic N) is 3. The molecule has 0 unspecified atom stereocenters. The molecule has 2 aromatic rings. The fourth-order valence-corrected chi connectivity index (χ4v) is 1.95. The molecule has 0 saturated carbocycles. The third-order valence-corrected chi connectivity index (χ3v) is 3.27. The highest BCUT2D eigenvalue weighted by atomic mass is 16.5. The van der Waals surface area contributed by atoms with E-state index in [1.807, 2.05) is 36.2 Å². The fraction of sp³-hybridized carbons (Fsp3) is 0.353. The number of hydrogen-bond donors (Lipinski definition) is 1. The van der Waals surface area contributed by atoms with Gasteiger partial charge in [-0.25, -0.2) is 0 Å². The van der Waals surface area contributed by atoms with Crippen LogP contribution in [0.5, 0.6) is 5.75 Å². The molecule has 1 amide bonds. The molecule has 0 saturated heterocycles. The smallest absolute Gasteiger partial charge is 0.263 e. The monoisotopic (exact) mass is 314 g/mol. The first-order valence-corrected chi connectivity index (χ1v) is 7.71. The Morgan fingerprint density at radius 1 is 1.17 bits per heavy atom. The average Bonchev–Trinajstić information content (AvgIpc) is 2.59. The normalized spacial score (nSPS) is 10.2. The van der Waals surface area contributed by atoms with E-state index in [0.29, 0.717) is 11.6 Å². The zero-order valence-electron chi connectivity index (χ0n) is 13.5. The van der Waals surface area contributed by atoms with Gasteiger partial charge in [-0.15, -0.1) is 10.2 Å². The fourth-order valence-electron chi connectivity index (χ4n) is 1.95. The third-order valence-electron chi connectivity index (χ3n) is 3.27. The van der Waals surface area contributed by atoms with Gasteiger partial charge in [-0.1, -0.05) is 31.5 Å². The number of ether oxygens (including phenoxy) is 1. The average molecular weight is 314 g/mol. The molecule has 6 nitrogen and oxygen atoms in total. The number of hydrogen-bond acceptors (Lipinski definition) is 5. The second-order valence-electron chi connectivity index (χ2n) is 5.20. The molecule has 1 heterocycles. The summed E-state index contributed by atoms with van der Waals surface area (Å²) in [7, 11) is 1.98. The number of nitrogens with one attached hydrogen (secondary N) is 1. The first-order chi connectivity index (χ1) is 11.2. The molecule has 2 rings (SSSR count). The minimum Gasteiger partial charge on any atom is -0.484 e. The Morgan fingerprint density at radius 3 is 2.61 bits per heavy atom. The molecule has 0 aliphatic carbocycles. The molecular formula is C17H22N4O2. The number of rotatable bonds is 8. The molecule has 1 N–H and O–H groups in total. The van der Waals surface area contributed by atoms with E-state index in [0.717, 1.165) is 25.2 Å². The van der Waals surface area contributed by atoms with Crippen LogP contribution in [0.25, 0.3) is 0 Å². The molecule has 0 aliphatic heterocycles. The molecular weight excluding hydrogens is 292 g/mol. The first-order valence-electron chi connectivity index (χ1n) is 7.71. The summed E-state index contributed by atoms with van der Waals surface area (Å²) in [5.41, 5.74) is 0. The highest BCUT2D eigenvalue weighted by Crippen LogP contribution is 2.11. The van der Waals surface area contributed by atoms with Crippen LogP contribution in [0, 0.1) is 0 Å². The molecule has 0 radical (unpaired) electrons. The quantitative estimate of drug-likeness (QED) is 0.811. The van der Waals surface area contributed by atoms with Gasteiger partial charge in [0.2, 0.25) is 0 Å². The number of aromatic nitrogens is 2. The highest BCUT2D eigenvalue weighted by Gasteiger charge is 2.07. The van der Waals surface area contributed by atoms with Gasteiger partial charge < -0.3 is 15.0 Å². The van der Waals surface area contributed by atoms with Crippen LogP contribution in [0.15, 0.2) is 42.5 Å². The summed E-state index contributed by atoms with van der Waals surface area (Å²) >= 11 is 0. The van der Waals surface area contributed by atoms with Crippen LogP contribution in [-0.2, 0) is 4.79 Å². The second-order valence-corrected chi connectivity index (χ2v) is 5.20.